The third kappa shape index (κ3) is 3.56. The highest BCUT2D eigenvalue weighted by molar-refractivity contribution is 6.03. The summed E-state index contributed by atoms with van der Waals surface area (Å²) in [6.07, 6.45) is 5.38. The third-order valence-corrected chi connectivity index (χ3v) is 2.24. The van der Waals surface area contributed by atoms with E-state index in [-0.39, 0.29) is 12.3 Å². The number of pyridine rings is 1. The molecule has 96 valence electrons. The number of anilines is 1. The summed E-state index contributed by atoms with van der Waals surface area (Å²) in [5, 5.41) is 11.2. The van der Waals surface area contributed by atoms with Crippen LogP contribution in [0.1, 0.15) is 16.1 Å². The van der Waals surface area contributed by atoms with Crippen LogP contribution in [0.25, 0.3) is 0 Å². The molecule has 0 saturated carbocycles. The van der Waals surface area contributed by atoms with Crippen molar-refractivity contribution in [2.45, 2.75) is 6.42 Å². The minimum atomic E-state index is -0.953. The van der Waals surface area contributed by atoms with E-state index >= 15 is 0 Å². The van der Waals surface area contributed by atoms with Gasteiger partial charge in [-0.05, 0) is 12.1 Å². The van der Waals surface area contributed by atoms with Crippen molar-refractivity contribution in [1.29, 1.82) is 0 Å². The lowest BCUT2D eigenvalue weighted by atomic mass is 10.2. The Kier molecular flexibility index (Phi) is 3.77. The molecule has 2 rings (SSSR count). The maximum absolute atomic E-state index is 11.8. The number of aliphatic carboxylic acids is 1. The van der Waals surface area contributed by atoms with Gasteiger partial charge in [-0.25, -0.2) is 9.97 Å². The molecular weight excluding hydrogens is 248 g/mol. The number of hydrogen-bond donors (Lipinski definition) is 2. The molecule has 0 spiro atoms. The van der Waals surface area contributed by atoms with Crippen molar-refractivity contribution in [3.63, 3.8) is 0 Å². The average Bonchev–Trinajstić information content (AvgIpc) is 2.41. The van der Waals surface area contributed by atoms with Gasteiger partial charge in [0, 0.05) is 12.4 Å². The zero-order chi connectivity index (χ0) is 13.7. The maximum Gasteiger partial charge on any atom is 0.309 e. The van der Waals surface area contributed by atoms with Crippen molar-refractivity contribution in [2.75, 3.05) is 5.32 Å². The van der Waals surface area contributed by atoms with Gasteiger partial charge in [-0.3, -0.25) is 14.6 Å². The Morgan fingerprint density at radius 2 is 1.89 bits per heavy atom. The van der Waals surface area contributed by atoms with Crippen molar-refractivity contribution < 1.29 is 14.7 Å². The van der Waals surface area contributed by atoms with Crippen LogP contribution in [0.5, 0.6) is 0 Å². The minimum absolute atomic E-state index is 0.152. The monoisotopic (exact) mass is 258 g/mol. The fourth-order valence-corrected chi connectivity index (χ4v) is 1.38. The molecule has 2 aromatic rings. The zero-order valence-corrected chi connectivity index (χ0v) is 9.78. The lowest BCUT2D eigenvalue weighted by molar-refractivity contribution is -0.136. The fraction of sp³-hybridized carbons (Fsp3) is 0.0833. The Balaban J connectivity index is 2.04. The Hall–Kier alpha value is -2.83. The highest BCUT2D eigenvalue weighted by Crippen LogP contribution is 2.08. The Morgan fingerprint density at radius 1 is 1.16 bits per heavy atom. The minimum Gasteiger partial charge on any atom is -0.481 e. The lowest BCUT2D eigenvalue weighted by Gasteiger charge is -2.04. The molecule has 2 N–H and O–H groups in total. The molecular formula is C12H10N4O3. The van der Waals surface area contributed by atoms with Crippen LogP contribution in [0, 0.1) is 0 Å². The van der Waals surface area contributed by atoms with Gasteiger partial charge in [0.25, 0.3) is 5.91 Å². The zero-order valence-electron chi connectivity index (χ0n) is 9.78. The van der Waals surface area contributed by atoms with Crippen LogP contribution in [0.3, 0.4) is 0 Å². The first-order chi connectivity index (χ1) is 9.15. The molecule has 0 saturated heterocycles. The molecule has 2 aromatic heterocycles. The van der Waals surface area contributed by atoms with Crippen LogP contribution in [-0.2, 0) is 11.2 Å². The van der Waals surface area contributed by atoms with Crippen LogP contribution < -0.4 is 5.32 Å². The number of aromatic nitrogens is 3. The number of nitrogens with one attached hydrogen (secondary N) is 1. The molecule has 1 amide bonds. The Labute approximate surface area is 108 Å². The van der Waals surface area contributed by atoms with Gasteiger partial charge in [-0.1, -0.05) is 0 Å². The molecule has 0 fully saturated rings. The van der Waals surface area contributed by atoms with Crippen LogP contribution >= 0.6 is 0 Å². The number of carboxylic acid groups (broad SMARTS) is 1. The first-order valence-electron chi connectivity index (χ1n) is 5.38. The van der Waals surface area contributed by atoms with Crippen LogP contribution in [0.2, 0.25) is 0 Å². The lowest BCUT2D eigenvalue weighted by Crippen LogP contribution is -2.13. The molecule has 0 unspecified atom stereocenters. The van der Waals surface area contributed by atoms with Gasteiger partial charge in [0.1, 0.15) is 6.33 Å². The molecule has 0 aliphatic heterocycles. The van der Waals surface area contributed by atoms with E-state index in [9.17, 15) is 9.59 Å². The summed E-state index contributed by atoms with van der Waals surface area (Å²) in [5.74, 6) is -1.31. The first-order valence-corrected chi connectivity index (χ1v) is 5.38. The maximum atomic E-state index is 11.8. The predicted molar refractivity (Wildman–Crippen MR) is 65.6 cm³/mol. The SMILES string of the molecule is O=C(O)Cc1ccc(NC(=O)c2cncnc2)cn1. The number of carbonyl (C=O) groups is 2. The van der Waals surface area contributed by atoms with Crippen molar-refractivity contribution in [3.8, 4) is 0 Å². The molecule has 19 heavy (non-hydrogen) atoms. The largest absolute Gasteiger partial charge is 0.481 e. The predicted octanol–water partition coefficient (Wildman–Crippen LogP) is 0.751. The van der Waals surface area contributed by atoms with Gasteiger partial charge in [0.15, 0.2) is 0 Å². The van der Waals surface area contributed by atoms with Gasteiger partial charge in [-0.15, -0.1) is 0 Å². The number of carbonyl (C=O) groups excluding carboxylic acids is 1. The van der Waals surface area contributed by atoms with E-state index in [0.717, 1.165) is 0 Å². The first kappa shape index (κ1) is 12.6. The summed E-state index contributed by atoms with van der Waals surface area (Å²) in [6, 6.07) is 3.14. The van der Waals surface area contributed by atoms with Gasteiger partial charge in [0.2, 0.25) is 0 Å². The second-order valence-electron chi connectivity index (χ2n) is 3.69. The van der Waals surface area contributed by atoms with Gasteiger partial charge in [-0.2, -0.15) is 0 Å². The van der Waals surface area contributed by atoms with Crippen LogP contribution in [-0.4, -0.2) is 31.9 Å². The number of nitrogens with zero attached hydrogens (tertiary/aromatic N) is 3. The quantitative estimate of drug-likeness (QED) is 0.838. The van der Waals surface area contributed by atoms with E-state index in [0.29, 0.717) is 16.9 Å². The van der Waals surface area contributed by atoms with Gasteiger partial charge in [0.05, 0.1) is 29.6 Å². The number of amides is 1. The summed E-state index contributed by atoms with van der Waals surface area (Å²) in [6.45, 7) is 0. The van der Waals surface area contributed by atoms with Crippen molar-refractivity contribution in [2.24, 2.45) is 0 Å². The molecule has 7 nitrogen and oxygen atoms in total. The molecule has 0 aliphatic carbocycles. The van der Waals surface area contributed by atoms with Gasteiger partial charge >= 0.3 is 5.97 Å². The molecule has 0 aliphatic rings. The van der Waals surface area contributed by atoms with Gasteiger partial charge < -0.3 is 10.4 Å². The molecule has 0 atom stereocenters. The second-order valence-corrected chi connectivity index (χ2v) is 3.69. The second kappa shape index (κ2) is 5.67. The summed E-state index contributed by atoms with van der Waals surface area (Å²) in [4.78, 5) is 33.7. The van der Waals surface area contributed by atoms with Crippen molar-refractivity contribution in [3.05, 3.63) is 48.3 Å². The van der Waals surface area contributed by atoms with Crippen molar-refractivity contribution in [1.82, 2.24) is 15.0 Å². The van der Waals surface area contributed by atoms with E-state index in [1.54, 1.807) is 12.1 Å². The number of rotatable bonds is 4. The highest BCUT2D eigenvalue weighted by Gasteiger charge is 2.07. The summed E-state index contributed by atoms with van der Waals surface area (Å²) in [5.41, 5.74) is 1.23. The molecule has 2 heterocycles. The van der Waals surface area contributed by atoms with Crippen molar-refractivity contribution >= 4 is 17.6 Å². The fourth-order valence-electron chi connectivity index (χ4n) is 1.38. The topological polar surface area (TPSA) is 105 Å². The van der Waals surface area contributed by atoms with E-state index in [1.165, 1.54) is 24.9 Å². The smallest absolute Gasteiger partial charge is 0.309 e. The van der Waals surface area contributed by atoms with Crippen LogP contribution in [0.4, 0.5) is 5.69 Å². The Bertz CT molecular complexity index is 584. The normalized spacial score (nSPS) is 9.89. The molecule has 0 aromatic carbocycles. The molecule has 7 heteroatoms. The standard InChI is InChI=1S/C12H10N4O3/c17-11(18)3-9-1-2-10(6-15-9)16-12(19)8-4-13-7-14-5-8/h1-2,4-7H,3H2,(H,16,19)(H,17,18). The summed E-state index contributed by atoms with van der Waals surface area (Å²) < 4.78 is 0. The average molecular weight is 258 g/mol. The molecule has 0 radical (unpaired) electrons. The van der Waals surface area contributed by atoms with E-state index in [2.05, 4.69) is 20.3 Å². The van der Waals surface area contributed by atoms with E-state index in [1.807, 2.05) is 0 Å². The van der Waals surface area contributed by atoms with E-state index < -0.39 is 5.97 Å². The highest BCUT2D eigenvalue weighted by atomic mass is 16.4. The third-order valence-electron chi connectivity index (χ3n) is 2.24. The summed E-state index contributed by atoms with van der Waals surface area (Å²) in [7, 11) is 0. The van der Waals surface area contributed by atoms with E-state index in [4.69, 9.17) is 5.11 Å². The Morgan fingerprint density at radius 3 is 2.47 bits per heavy atom. The summed E-state index contributed by atoms with van der Waals surface area (Å²) >= 11 is 0. The number of carboxylic acids is 1. The van der Waals surface area contributed by atoms with Crippen LogP contribution in [0.15, 0.2) is 37.1 Å². The number of hydrogen-bond acceptors (Lipinski definition) is 5. The molecule has 0 bridgehead atoms.